The molecule has 0 unspecified atom stereocenters. The largest absolute Gasteiger partial charge is 0.364 e. The third-order valence-electron chi connectivity index (χ3n) is 2.84. The van der Waals surface area contributed by atoms with Crippen LogP contribution < -0.4 is 5.73 Å². The molecular weight excluding hydrogens is 238 g/mol. The summed E-state index contributed by atoms with van der Waals surface area (Å²) >= 11 is 1.09. The Morgan fingerprint density at radius 2 is 1.94 bits per heavy atom. The quantitative estimate of drug-likeness (QED) is 0.859. The van der Waals surface area contributed by atoms with E-state index in [4.69, 9.17) is 5.73 Å². The summed E-state index contributed by atoms with van der Waals surface area (Å²) < 4.78 is 0. The molecule has 0 spiro atoms. The van der Waals surface area contributed by atoms with Gasteiger partial charge in [-0.3, -0.25) is 9.59 Å². The first kappa shape index (κ1) is 12.0. The predicted molar refractivity (Wildman–Crippen MR) is 65.1 cm³/mol. The second-order valence-electron chi connectivity index (χ2n) is 4.15. The Labute approximate surface area is 104 Å². The fourth-order valence-electron chi connectivity index (χ4n) is 1.94. The lowest BCUT2D eigenvalue weighted by atomic mass is 10.1. The first-order valence-corrected chi connectivity index (χ1v) is 6.47. The van der Waals surface area contributed by atoms with Crippen LogP contribution >= 0.6 is 11.3 Å². The number of aromatic nitrogens is 1. The van der Waals surface area contributed by atoms with Crippen molar-refractivity contribution in [1.29, 1.82) is 0 Å². The minimum absolute atomic E-state index is 0.0211. The minimum Gasteiger partial charge on any atom is -0.364 e. The number of amides is 2. The predicted octanol–water partition coefficient (Wildman–Crippen LogP) is 1.18. The Morgan fingerprint density at radius 3 is 2.47 bits per heavy atom. The molecule has 92 valence electrons. The molecular formula is C11H15N3O2S. The number of nitrogens with zero attached hydrogens (tertiary/aromatic N) is 2. The summed E-state index contributed by atoms with van der Waals surface area (Å²) in [5.74, 6) is -0.594. The van der Waals surface area contributed by atoms with Crippen molar-refractivity contribution >= 4 is 23.2 Å². The van der Waals surface area contributed by atoms with E-state index in [-0.39, 0.29) is 10.9 Å². The first-order valence-electron chi connectivity index (χ1n) is 5.66. The second kappa shape index (κ2) is 4.83. The highest BCUT2D eigenvalue weighted by Gasteiger charge is 2.23. The highest BCUT2D eigenvalue weighted by molar-refractivity contribution is 7.15. The molecule has 0 atom stereocenters. The van der Waals surface area contributed by atoms with E-state index in [0.29, 0.717) is 10.6 Å². The van der Waals surface area contributed by atoms with Gasteiger partial charge in [0.2, 0.25) is 0 Å². The molecule has 2 amide bonds. The molecule has 1 fully saturated rings. The van der Waals surface area contributed by atoms with Crippen molar-refractivity contribution in [3.05, 3.63) is 15.6 Å². The molecule has 0 bridgehead atoms. The SMILES string of the molecule is Cc1nc(C(N)=O)sc1C(=O)N1CCCCC1. The Hall–Kier alpha value is -1.43. The van der Waals surface area contributed by atoms with Crippen LogP contribution in [0, 0.1) is 6.92 Å². The molecule has 1 aromatic rings. The van der Waals surface area contributed by atoms with E-state index in [1.54, 1.807) is 6.92 Å². The van der Waals surface area contributed by atoms with Gasteiger partial charge in [0, 0.05) is 13.1 Å². The van der Waals surface area contributed by atoms with Crippen molar-refractivity contribution in [3.63, 3.8) is 0 Å². The van der Waals surface area contributed by atoms with Crippen molar-refractivity contribution < 1.29 is 9.59 Å². The number of carbonyl (C=O) groups is 2. The zero-order valence-electron chi connectivity index (χ0n) is 9.73. The monoisotopic (exact) mass is 253 g/mol. The maximum atomic E-state index is 12.2. The molecule has 6 heteroatoms. The first-order chi connectivity index (χ1) is 8.09. The zero-order valence-corrected chi connectivity index (χ0v) is 10.5. The summed E-state index contributed by atoms with van der Waals surface area (Å²) in [6.07, 6.45) is 3.27. The van der Waals surface area contributed by atoms with E-state index in [9.17, 15) is 9.59 Å². The molecule has 1 saturated heterocycles. The van der Waals surface area contributed by atoms with Crippen LogP contribution in [0.4, 0.5) is 0 Å². The number of rotatable bonds is 2. The Morgan fingerprint density at radius 1 is 1.29 bits per heavy atom. The molecule has 17 heavy (non-hydrogen) atoms. The number of aryl methyl sites for hydroxylation is 1. The number of hydrogen-bond donors (Lipinski definition) is 1. The maximum Gasteiger partial charge on any atom is 0.277 e. The molecule has 5 nitrogen and oxygen atoms in total. The van der Waals surface area contributed by atoms with Crippen LogP contribution in [0.1, 0.15) is 44.4 Å². The van der Waals surface area contributed by atoms with Crippen LogP contribution in [0.15, 0.2) is 0 Å². The normalized spacial score (nSPS) is 15.9. The highest BCUT2D eigenvalue weighted by Crippen LogP contribution is 2.21. The lowest BCUT2D eigenvalue weighted by Crippen LogP contribution is -2.35. The van der Waals surface area contributed by atoms with Crippen LogP contribution in [0.3, 0.4) is 0 Å². The summed E-state index contributed by atoms with van der Waals surface area (Å²) in [4.78, 5) is 29.6. The van der Waals surface area contributed by atoms with E-state index >= 15 is 0 Å². The molecule has 1 aliphatic heterocycles. The van der Waals surface area contributed by atoms with Gasteiger partial charge in [0.1, 0.15) is 4.88 Å². The van der Waals surface area contributed by atoms with Gasteiger partial charge in [-0.15, -0.1) is 11.3 Å². The smallest absolute Gasteiger partial charge is 0.277 e. The molecule has 1 aliphatic rings. The average molecular weight is 253 g/mol. The number of primary amides is 1. The van der Waals surface area contributed by atoms with Crippen LogP contribution in [-0.4, -0.2) is 34.8 Å². The van der Waals surface area contributed by atoms with E-state index in [1.807, 2.05) is 4.90 Å². The van der Waals surface area contributed by atoms with E-state index in [2.05, 4.69) is 4.98 Å². The Balaban J connectivity index is 2.20. The van der Waals surface area contributed by atoms with Crippen molar-refractivity contribution in [2.45, 2.75) is 26.2 Å². The average Bonchev–Trinajstić information content (AvgIpc) is 2.72. The van der Waals surface area contributed by atoms with Crippen LogP contribution in [-0.2, 0) is 0 Å². The standard InChI is InChI=1S/C11H15N3O2S/c1-7-8(17-10(13-7)9(12)15)11(16)14-5-3-2-4-6-14/h2-6H2,1H3,(H2,12,15). The van der Waals surface area contributed by atoms with Crippen molar-refractivity contribution in [1.82, 2.24) is 9.88 Å². The highest BCUT2D eigenvalue weighted by atomic mass is 32.1. The summed E-state index contributed by atoms with van der Waals surface area (Å²) in [6, 6.07) is 0. The number of thiazole rings is 1. The molecule has 0 radical (unpaired) electrons. The van der Waals surface area contributed by atoms with Gasteiger partial charge in [0.05, 0.1) is 5.69 Å². The van der Waals surface area contributed by atoms with Gasteiger partial charge in [-0.05, 0) is 26.2 Å². The van der Waals surface area contributed by atoms with Crippen LogP contribution in [0.2, 0.25) is 0 Å². The number of likely N-dealkylation sites (tertiary alicyclic amines) is 1. The topological polar surface area (TPSA) is 76.3 Å². The van der Waals surface area contributed by atoms with Gasteiger partial charge in [0.25, 0.3) is 11.8 Å². The molecule has 2 rings (SSSR count). The van der Waals surface area contributed by atoms with E-state index in [1.165, 1.54) is 6.42 Å². The number of carbonyl (C=O) groups excluding carboxylic acids is 2. The van der Waals surface area contributed by atoms with Crippen LogP contribution in [0.5, 0.6) is 0 Å². The molecule has 1 aromatic heterocycles. The van der Waals surface area contributed by atoms with Crippen LogP contribution in [0.25, 0.3) is 0 Å². The maximum absolute atomic E-state index is 12.2. The lowest BCUT2D eigenvalue weighted by Gasteiger charge is -2.26. The Kier molecular flexibility index (Phi) is 3.42. The summed E-state index contributed by atoms with van der Waals surface area (Å²) in [5.41, 5.74) is 5.76. The number of nitrogens with two attached hydrogens (primary N) is 1. The van der Waals surface area contributed by atoms with Gasteiger partial charge in [-0.25, -0.2) is 4.98 Å². The lowest BCUT2D eigenvalue weighted by molar-refractivity contribution is 0.0728. The Bertz CT molecular complexity index is 450. The van der Waals surface area contributed by atoms with Gasteiger partial charge >= 0.3 is 0 Å². The van der Waals surface area contributed by atoms with Crippen molar-refractivity contribution in [3.8, 4) is 0 Å². The molecule has 2 N–H and O–H groups in total. The second-order valence-corrected chi connectivity index (χ2v) is 5.15. The zero-order chi connectivity index (χ0) is 12.4. The van der Waals surface area contributed by atoms with E-state index < -0.39 is 5.91 Å². The molecule has 0 saturated carbocycles. The van der Waals surface area contributed by atoms with Crippen molar-refractivity contribution in [2.75, 3.05) is 13.1 Å². The molecule has 2 heterocycles. The number of piperidine rings is 1. The number of hydrogen-bond acceptors (Lipinski definition) is 4. The van der Waals surface area contributed by atoms with Crippen molar-refractivity contribution in [2.24, 2.45) is 5.73 Å². The summed E-state index contributed by atoms with van der Waals surface area (Å²) in [6.45, 7) is 3.32. The third-order valence-corrected chi connectivity index (χ3v) is 4.00. The third kappa shape index (κ3) is 2.46. The van der Waals surface area contributed by atoms with E-state index in [0.717, 1.165) is 37.3 Å². The molecule has 0 aromatic carbocycles. The minimum atomic E-state index is -0.573. The molecule has 0 aliphatic carbocycles. The van der Waals surface area contributed by atoms with Gasteiger partial charge in [-0.2, -0.15) is 0 Å². The summed E-state index contributed by atoms with van der Waals surface area (Å²) in [5, 5.41) is 0.211. The van der Waals surface area contributed by atoms with Gasteiger partial charge in [0.15, 0.2) is 5.01 Å². The van der Waals surface area contributed by atoms with Gasteiger partial charge < -0.3 is 10.6 Å². The van der Waals surface area contributed by atoms with Gasteiger partial charge in [-0.1, -0.05) is 0 Å². The fraction of sp³-hybridized carbons (Fsp3) is 0.545. The summed E-state index contributed by atoms with van der Waals surface area (Å²) in [7, 11) is 0. The fourth-order valence-corrected chi connectivity index (χ4v) is 2.83.